The quantitative estimate of drug-likeness (QED) is 0.635. The highest BCUT2D eigenvalue weighted by Crippen LogP contribution is 2.32. The van der Waals surface area contributed by atoms with E-state index in [1.807, 2.05) is 0 Å². The van der Waals surface area contributed by atoms with E-state index >= 15 is 0 Å². The summed E-state index contributed by atoms with van der Waals surface area (Å²) in [6.07, 6.45) is 13.2. The van der Waals surface area contributed by atoms with Crippen molar-refractivity contribution in [3.05, 3.63) is 35.9 Å². The molecule has 0 aromatic carbocycles. The van der Waals surface area contributed by atoms with Crippen molar-refractivity contribution in [2.75, 3.05) is 0 Å². The number of aromatic nitrogens is 4. The van der Waals surface area contributed by atoms with Crippen LogP contribution < -0.4 is 0 Å². The molecular weight excluding hydrogens is 252 g/mol. The van der Waals surface area contributed by atoms with Crippen molar-refractivity contribution in [1.82, 2.24) is 19.7 Å². The van der Waals surface area contributed by atoms with Crippen LogP contribution in [0, 0.1) is 0 Å². The molecule has 0 bridgehead atoms. The van der Waals surface area contributed by atoms with E-state index in [2.05, 4.69) is 15.1 Å². The van der Waals surface area contributed by atoms with E-state index in [0.29, 0.717) is 17.4 Å². The first-order valence-corrected chi connectivity index (χ1v) is 7.20. The minimum atomic E-state index is 0.391. The molecule has 1 aliphatic carbocycles. The second-order valence-electron chi connectivity index (χ2n) is 5.27. The molecule has 5 heteroatoms. The fraction of sp³-hybridized carbons (Fsp3) is 0.467. The highest BCUT2D eigenvalue weighted by molar-refractivity contribution is 5.76. The van der Waals surface area contributed by atoms with Crippen molar-refractivity contribution in [2.24, 2.45) is 0 Å². The van der Waals surface area contributed by atoms with Gasteiger partial charge >= 0.3 is 0 Å². The maximum atomic E-state index is 11.3. The summed E-state index contributed by atoms with van der Waals surface area (Å²) in [6, 6.07) is 1.76. The molecule has 0 atom stereocenters. The Morgan fingerprint density at radius 3 is 2.45 bits per heavy atom. The molecule has 1 fully saturated rings. The second kappa shape index (κ2) is 5.94. The predicted octanol–water partition coefficient (Wildman–Crippen LogP) is 2.91. The molecule has 5 nitrogen and oxygen atoms in total. The summed E-state index contributed by atoms with van der Waals surface area (Å²) in [6.45, 7) is 0. The molecule has 20 heavy (non-hydrogen) atoms. The van der Waals surface area contributed by atoms with Crippen molar-refractivity contribution in [1.29, 1.82) is 0 Å². The van der Waals surface area contributed by atoms with Gasteiger partial charge in [0.15, 0.2) is 6.29 Å². The molecule has 104 valence electrons. The maximum absolute atomic E-state index is 11.3. The number of nitrogens with zero attached hydrogens (tertiary/aromatic N) is 4. The standard InChI is InChI=1S/C15H18N4O/c20-11-13-10-19(15-16-8-5-9-17-15)18-14(13)12-6-3-1-2-4-7-12/h5,8-12H,1-4,6-7H2. The van der Waals surface area contributed by atoms with Crippen LogP contribution >= 0.6 is 0 Å². The van der Waals surface area contributed by atoms with Gasteiger partial charge in [0.25, 0.3) is 0 Å². The van der Waals surface area contributed by atoms with Crippen molar-refractivity contribution in [3.8, 4) is 5.95 Å². The summed E-state index contributed by atoms with van der Waals surface area (Å²) in [7, 11) is 0. The Morgan fingerprint density at radius 2 is 1.80 bits per heavy atom. The van der Waals surface area contributed by atoms with Gasteiger partial charge in [0, 0.05) is 24.5 Å². The van der Waals surface area contributed by atoms with Gasteiger partial charge in [-0.3, -0.25) is 4.79 Å². The van der Waals surface area contributed by atoms with Crippen LogP contribution in [-0.4, -0.2) is 26.0 Å². The highest BCUT2D eigenvalue weighted by Gasteiger charge is 2.21. The Balaban J connectivity index is 1.94. The number of carbonyl (C=O) groups excluding carboxylic acids is 1. The van der Waals surface area contributed by atoms with Crippen molar-refractivity contribution >= 4 is 6.29 Å². The van der Waals surface area contributed by atoms with E-state index in [1.165, 1.54) is 25.7 Å². The highest BCUT2D eigenvalue weighted by atomic mass is 16.1. The molecule has 0 unspecified atom stereocenters. The lowest BCUT2D eigenvalue weighted by atomic mass is 9.94. The largest absolute Gasteiger partial charge is 0.298 e. The minimum absolute atomic E-state index is 0.391. The van der Waals surface area contributed by atoms with E-state index in [-0.39, 0.29) is 0 Å². The van der Waals surface area contributed by atoms with E-state index in [1.54, 1.807) is 29.3 Å². The van der Waals surface area contributed by atoms with Crippen LogP contribution in [0.25, 0.3) is 5.95 Å². The van der Waals surface area contributed by atoms with Gasteiger partial charge in [0.1, 0.15) is 0 Å². The lowest BCUT2D eigenvalue weighted by molar-refractivity contribution is 0.112. The van der Waals surface area contributed by atoms with Gasteiger partial charge in [-0.1, -0.05) is 25.7 Å². The van der Waals surface area contributed by atoms with E-state index in [4.69, 9.17) is 0 Å². The first-order chi connectivity index (χ1) is 9.88. The Kier molecular flexibility index (Phi) is 3.85. The maximum Gasteiger partial charge on any atom is 0.250 e. The zero-order valence-corrected chi connectivity index (χ0v) is 11.4. The monoisotopic (exact) mass is 270 g/mol. The van der Waals surface area contributed by atoms with Gasteiger partial charge in [-0.05, 0) is 18.9 Å². The fourth-order valence-electron chi connectivity index (χ4n) is 2.87. The Labute approximate surface area is 118 Å². The zero-order valence-electron chi connectivity index (χ0n) is 11.4. The van der Waals surface area contributed by atoms with E-state index in [0.717, 1.165) is 24.8 Å². The Morgan fingerprint density at radius 1 is 1.10 bits per heavy atom. The number of carbonyl (C=O) groups is 1. The van der Waals surface area contributed by atoms with Crippen molar-refractivity contribution < 1.29 is 4.79 Å². The van der Waals surface area contributed by atoms with Gasteiger partial charge < -0.3 is 0 Å². The van der Waals surface area contributed by atoms with E-state index < -0.39 is 0 Å². The third-order valence-corrected chi connectivity index (χ3v) is 3.90. The third-order valence-electron chi connectivity index (χ3n) is 3.90. The summed E-state index contributed by atoms with van der Waals surface area (Å²) in [5, 5.41) is 4.58. The molecule has 3 rings (SSSR count). The third kappa shape index (κ3) is 2.61. The zero-order chi connectivity index (χ0) is 13.8. The summed E-state index contributed by atoms with van der Waals surface area (Å²) in [5.74, 6) is 0.901. The van der Waals surface area contributed by atoms with Crippen molar-refractivity contribution in [3.63, 3.8) is 0 Å². The average Bonchev–Trinajstić information content (AvgIpc) is 2.75. The smallest absolute Gasteiger partial charge is 0.250 e. The molecule has 0 spiro atoms. The second-order valence-corrected chi connectivity index (χ2v) is 5.27. The van der Waals surface area contributed by atoms with Crippen LogP contribution in [0.2, 0.25) is 0 Å². The molecule has 0 N–H and O–H groups in total. The fourth-order valence-corrected chi connectivity index (χ4v) is 2.87. The molecule has 2 aromatic rings. The van der Waals surface area contributed by atoms with Gasteiger partial charge in [-0.15, -0.1) is 0 Å². The molecule has 0 radical (unpaired) electrons. The number of aldehydes is 1. The Hall–Kier alpha value is -2.04. The average molecular weight is 270 g/mol. The molecule has 2 aromatic heterocycles. The molecule has 1 aliphatic rings. The first kappa shape index (κ1) is 13.0. The first-order valence-electron chi connectivity index (χ1n) is 7.20. The molecule has 0 amide bonds. The number of hydrogen-bond acceptors (Lipinski definition) is 4. The molecule has 1 saturated carbocycles. The van der Waals surface area contributed by atoms with Crippen LogP contribution in [0.15, 0.2) is 24.7 Å². The van der Waals surface area contributed by atoms with Crippen LogP contribution in [0.4, 0.5) is 0 Å². The SMILES string of the molecule is O=Cc1cn(-c2ncccn2)nc1C1CCCCCC1. The van der Waals surface area contributed by atoms with Gasteiger partial charge in [0.2, 0.25) is 5.95 Å². The summed E-state index contributed by atoms with van der Waals surface area (Å²) < 4.78 is 1.62. The topological polar surface area (TPSA) is 60.7 Å². The van der Waals surface area contributed by atoms with Crippen molar-refractivity contribution in [2.45, 2.75) is 44.4 Å². The summed E-state index contributed by atoms with van der Waals surface area (Å²) >= 11 is 0. The Bertz CT molecular complexity index is 571. The number of hydrogen-bond donors (Lipinski definition) is 0. The predicted molar refractivity (Wildman–Crippen MR) is 75.0 cm³/mol. The van der Waals surface area contributed by atoms with Gasteiger partial charge in [-0.25, -0.2) is 14.6 Å². The van der Waals surface area contributed by atoms with Crippen LogP contribution in [0.1, 0.15) is 60.5 Å². The van der Waals surface area contributed by atoms with E-state index in [9.17, 15) is 4.79 Å². The normalized spacial score (nSPS) is 16.8. The summed E-state index contributed by atoms with van der Waals surface area (Å²) in [4.78, 5) is 19.7. The van der Waals surface area contributed by atoms with Crippen LogP contribution in [-0.2, 0) is 0 Å². The van der Waals surface area contributed by atoms with Crippen LogP contribution in [0.5, 0.6) is 0 Å². The van der Waals surface area contributed by atoms with Gasteiger partial charge in [-0.2, -0.15) is 5.10 Å². The summed E-state index contributed by atoms with van der Waals surface area (Å²) in [5.41, 5.74) is 1.58. The molecule has 0 aliphatic heterocycles. The molecule has 2 heterocycles. The van der Waals surface area contributed by atoms with Crippen LogP contribution in [0.3, 0.4) is 0 Å². The molecular formula is C15H18N4O. The number of rotatable bonds is 3. The lowest BCUT2D eigenvalue weighted by Crippen LogP contribution is -2.04. The van der Waals surface area contributed by atoms with Gasteiger partial charge in [0.05, 0.1) is 11.3 Å². The molecule has 0 saturated heterocycles. The lowest BCUT2D eigenvalue weighted by Gasteiger charge is -2.11. The minimum Gasteiger partial charge on any atom is -0.298 e.